The molecule has 0 aliphatic heterocycles. The summed E-state index contributed by atoms with van der Waals surface area (Å²) in [7, 11) is -4.24. The molecule has 0 saturated heterocycles. The lowest BCUT2D eigenvalue weighted by Gasteiger charge is -2.03. The first-order valence-corrected chi connectivity index (χ1v) is 16.7. The molecule has 4 N–H and O–H groups in total. The first-order chi connectivity index (χ1) is 18.7. The highest BCUT2D eigenvalue weighted by Crippen LogP contribution is 2.14. The second-order valence-corrected chi connectivity index (χ2v) is 12.0. The van der Waals surface area contributed by atoms with Crippen LogP contribution >= 0.6 is 11.3 Å². The highest BCUT2D eigenvalue weighted by atomic mass is 35.5. The van der Waals surface area contributed by atoms with Gasteiger partial charge in [0.05, 0.1) is 17.0 Å². The Labute approximate surface area is 252 Å². The van der Waals surface area contributed by atoms with Gasteiger partial charge >= 0.3 is 10.4 Å². The highest BCUT2D eigenvalue weighted by Gasteiger charge is 2.17. The quantitative estimate of drug-likeness (QED) is 0.116. The Bertz CT molecular complexity index is 1020. The lowest BCUT2D eigenvalue weighted by atomic mass is 10.0. The first-order valence-electron chi connectivity index (χ1n) is 14.4. The van der Waals surface area contributed by atoms with Gasteiger partial charge in [0.25, 0.3) is 0 Å². The number of aliphatic hydroxyl groups excluding tert-OH is 1. The van der Waals surface area contributed by atoms with Crippen molar-refractivity contribution in [2.75, 3.05) is 18.9 Å². The van der Waals surface area contributed by atoms with Crippen LogP contribution in [0, 0.1) is 13.8 Å². The maximum Gasteiger partial charge on any atom is 0.397 e. The van der Waals surface area contributed by atoms with Crippen molar-refractivity contribution in [3.05, 3.63) is 33.7 Å². The summed E-state index contributed by atoms with van der Waals surface area (Å²) in [5, 5.41) is 8.98. The second kappa shape index (κ2) is 23.2. The maximum absolute atomic E-state index is 10.3. The third kappa shape index (κ3) is 18.9. The summed E-state index contributed by atoms with van der Waals surface area (Å²) < 4.78 is 35.3. The number of aromatic nitrogens is 3. The van der Waals surface area contributed by atoms with E-state index in [0.29, 0.717) is 31.0 Å². The Balaban J connectivity index is 0.000000747. The van der Waals surface area contributed by atoms with Crippen LogP contribution in [0.15, 0.2) is 11.7 Å². The molecule has 0 fully saturated rings. The summed E-state index contributed by atoms with van der Waals surface area (Å²) in [6.45, 7) is 7.06. The Morgan fingerprint density at radius 1 is 0.950 bits per heavy atom. The highest BCUT2D eigenvalue weighted by molar-refractivity contribution is 7.80. The minimum absolute atomic E-state index is 0. The fourth-order valence-corrected chi connectivity index (χ4v) is 5.54. The molecule has 2 aromatic heterocycles. The predicted molar refractivity (Wildman–Crippen MR) is 158 cm³/mol. The molecule has 0 bridgehead atoms. The zero-order chi connectivity index (χ0) is 28.9. The van der Waals surface area contributed by atoms with Gasteiger partial charge in [0.15, 0.2) is 12.2 Å². The summed E-state index contributed by atoms with van der Waals surface area (Å²) in [5.74, 6) is 1.22. The van der Waals surface area contributed by atoms with E-state index in [1.54, 1.807) is 17.5 Å². The Morgan fingerprint density at radius 2 is 1.48 bits per heavy atom. The number of rotatable bonds is 20. The zero-order valence-corrected chi connectivity index (χ0v) is 27.0. The molecule has 0 atom stereocenters. The van der Waals surface area contributed by atoms with Crippen molar-refractivity contribution >= 4 is 27.6 Å². The second-order valence-electron chi connectivity index (χ2n) is 10.0. The third-order valence-corrected chi connectivity index (χ3v) is 8.19. The molecule has 2 aromatic rings. The zero-order valence-electron chi connectivity index (χ0n) is 24.6. The number of aryl methyl sites for hydroxylation is 1. The van der Waals surface area contributed by atoms with Crippen molar-refractivity contribution in [1.82, 2.24) is 9.97 Å². The fourth-order valence-electron chi connectivity index (χ4n) is 4.23. The summed E-state index contributed by atoms with van der Waals surface area (Å²) >= 11 is 1.65. The van der Waals surface area contributed by atoms with Crippen LogP contribution in [0.1, 0.15) is 119 Å². The van der Waals surface area contributed by atoms with Crippen molar-refractivity contribution in [2.24, 2.45) is 0 Å². The number of nitrogens with zero attached hydrogens (tertiary/aromatic N) is 3. The van der Waals surface area contributed by atoms with E-state index in [1.807, 2.05) is 19.4 Å². The van der Waals surface area contributed by atoms with Gasteiger partial charge in [-0.3, -0.25) is 4.55 Å². The van der Waals surface area contributed by atoms with Gasteiger partial charge in [0.2, 0.25) is 5.51 Å². The van der Waals surface area contributed by atoms with Gasteiger partial charge in [-0.05, 0) is 13.3 Å². The topological polar surface area (TPSA) is 140 Å². The molecule has 2 rings (SSSR count). The normalized spacial score (nSPS) is 11.1. The molecular weight excluding hydrogens is 572 g/mol. The predicted octanol–water partition coefficient (Wildman–Crippen LogP) is 2.90. The number of hydrogen-bond acceptors (Lipinski definition) is 8. The number of aliphatic hydroxyl groups is 1. The first kappa shape index (κ1) is 38.6. The van der Waals surface area contributed by atoms with E-state index < -0.39 is 10.4 Å². The molecular formula is C28H51ClN4O5S2. The molecule has 40 heavy (non-hydrogen) atoms. The number of halogens is 1. The SMILES string of the molecule is CCCCCCCCCCCCCCCCOS(=O)(=O)O.Cc1ncc(C[n+]2csc(CCO)c2C)c(N)n1.[Cl-]. The lowest BCUT2D eigenvalue weighted by Crippen LogP contribution is -3.00. The number of unbranched alkanes of at least 4 members (excludes halogenated alkanes) is 13. The van der Waals surface area contributed by atoms with E-state index in [9.17, 15) is 8.42 Å². The number of nitrogens with two attached hydrogens (primary N) is 1. The van der Waals surface area contributed by atoms with Crippen LogP contribution in [-0.4, -0.2) is 41.3 Å². The van der Waals surface area contributed by atoms with Gasteiger partial charge in [0, 0.05) is 26.1 Å². The molecule has 0 unspecified atom stereocenters. The summed E-state index contributed by atoms with van der Waals surface area (Å²) in [6.07, 6.45) is 20.0. The number of anilines is 1. The van der Waals surface area contributed by atoms with Crippen LogP contribution < -0.4 is 22.7 Å². The fraction of sp³-hybridized carbons (Fsp3) is 0.750. The summed E-state index contributed by atoms with van der Waals surface area (Å²) in [4.78, 5) is 9.53. The summed E-state index contributed by atoms with van der Waals surface area (Å²) in [5.41, 5.74) is 10.0. The third-order valence-electron chi connectivity index (χ3n) is 6.58. The van der Waals surface area contributed by atoms with Crippen molar-refractivity contribution in [3.63, 3.8) is 0 Å². The number of hydrogen-bond donors (Lipinski definition) is 3. The van der Waals surface area contributed by atoms with Crippen molar-refractivity contribution < 1.29 is 39.2 Å². The Hall–Kier alpha value is -1.37. The molecule has 0 saturated carbocycles. The molecule has 0 radical (unpaired) electrons. The van der Waals surface area contributed by atoms with Crippen LogP contribution in [0.5, 0.6) is 0 Å². The van der Waals surface area contributed by atoms with E-state index >= 15 is 0 Å². The average Bonchev–Trinajstić information content (AvgIpc) is 3.22. The number of thiazole rings is 1. The average molecular weight is 623 g/mol. The molecule has 0 aliphatic carbocycles. The van der Waals surface area contributed by atoms with E-state index in [2.05, 4.69) is 25.6 Å². The molecule has 9 nitrogen and oxygen atoms in total. The minimum Gasteiger partial charge on any atom is -1.00 e. The molecule has 0 aromatic carbocycles. The van der Waals surface area contributed by atoms with E-state index in [-0.39, 0.29) is 25.6 Å². The maximum atomic E-state index is 10.3. The van der Waals surface area contributed by atoms with Gasteiger partial charge in [-0.2, -0.15) is 13.0 Å². The van der Waals surface area contributed by atoms with E-state index in [4.69, 9.17) is 15.4 Å². The van der Waals surface area contributed by atoms with Crippen LogP contribution in [-0.2, 0) is 27.5 Å². The largest absolute Gasteiger partial charge is 1.00 e. The lowest BCUT2D eigenvalue weighted by molar-refractivity contribution is -0.689. The number of nitrogen functional groups attached to an aromatic ring is 1. The smallest absolute Gasteiger partial charge is 0.397 e. The molecule has 0 spiro atoms. The molecule has 232 valence electrons. The molecule has 0 aliphatic rings. The summed E-state index contributed by atoms with van der Waals surface area (Å²) in [6, 6.07) is 0. The van der Waals surface area contributed by atoms with Gasteiger partial charge in [-0.25, -0.2) is 14.2 Å². The van der Waals surface area contributed by atoms with Gasteiger partial charge in [-0.1, -0.05) is 102 Å². The standard InChI is InChI=1S/C16H34O4S.C12H17N4OS.ClH/c1-2-3-4-5-6-7-8-9-10-11-12-13-14-15-16-20-21(17,18)19;1-8-11(3-4-17)18-7-16(8)6-10-5-14-9(2)15-12(10)13;/h2-16H2,1H3,(H,17,18,19);5,7,17H,3-4,6H2,1-2H3,(H2,13,14,15);1H/q;+1;/p-1. The van der Waals surface area contributed by atoms with Crippen molar-refractivity contribution in [2.45, 2.75) is 124 Å². The molecule has 0 amide bonds. The van der Waals surface area contributed by atoms with Crippen LogP contribution in [0.4, 0.5) is 5.82 Å². The van der Waals surface area contributed by atoms with Crippen LogP contribution in [0.3, 0.4) is 0 Å². The van der Waals surface area contributed by atoms with Crippen LogP contribution in [0.2, 0.25) is 0 Å². The molecule has 2 heterocycles. The Kier molecular flexibility index (Phi) is 22.4. The monoisotopic (exact) mass is 622 g/mol. The van der Waals surface area contributed by atoms with E-state index in [0.717, 1.165) is 24.1 Å². The van der Waals surface area contributed by atoms with E-state index in [1.165, 1.54) is 75.5 Å². The van der Waals surface area contributed by atoms with Crippen molar-refractivity contribution in [1.29, 1.82) is 0 Å². The van der Waals surface area contributed by atoms with Crippen LogP contribution in [0.25, 0.3) is 0 Å². The van der Waals surface area contributed by atoms with Crippen molar-refractivity contribution in [3.8, 4) is 0 Å². The minimum atomic E-state index is -4.24. The van der Waals surface area contributed by atoms with Gasteiger partial charge in [0.1, 0.15) is 11.6 Å². The van der Waals surface area contributed by atoms with Gasteiger partial charge < -0.3 is 23.2 Å². The molecule has 12 heteroatoms. The Morgan fingerprint density at radius 3 is 1.95 bits per heavy atom. The van der Waals surface area contributed by atoms with Gasteiger partial charge in [-0.15, -0.1) is 0 Å².